The highest BCUT2D eigenvalue weighted by atomic mass is 16.1. The molecule has 2 unspecified atom stereocenters. The minimum atomic E-state index is -0.145. The summed E-state index contributed by atoms with van der Waals surface area (Å²) >= 11 is 0. The average molecular weight is 282 g/mol. The number of carbonyl (C=O) groups is 1. The molecule has 0 aliphatic heterocycles. The Kier molecular flexibility index (Phi) is 3.16. The monoisotopic (exact) mass is 282 g/mol. The van der Waals surface area contributed by atoms with Gasteiger partial charge in [-0.1, -0.05) is 57.5 Å². The first-order chi connectivity index (χ1) is 9.80. The van der Waals surface area contributed by atoms with Crippen molar-refractivity contribution in [3.63, 3.8) is 0 Å². The minimum Gasteiger partial charge on any atom is -0.294 e. The van der Waals surface area contributed by atoms with Crippen molar-refractivity contribution in [2.75, 3.05) is 0 Å². The van der Waals surface area contributed by atoms with E-state index in [1.807, 2.05) is 0 Å². The summed E-state index contributed by atoms with van der Waals surface area (Å²) in [4.78, 5) is 13.1. The van der Waals surface area contributed by atoms with E-state index >= 15 is 0 Å². The predicted octanol–water partition coefficient (Wildman–Crippen LogP) is 5.04. The molecule has 0 saturated heterocycles. The van der Waals surface area contributed by atoms with Crippen molar-refractivity contribution in [3.05, 3.63) is 41.0 Å². The molecule has 21 heavy (non-hydrogen) atoms. The van der Waals surface area contributed by atoms with E-state index in [9.17, 15) is 4.79 Å². The number of rotatable bonds is 2. The number of allylic oxidation sites excluding steroid dienone is 1. The zero-order chi connectivity index (χ0) is 15.4. The molecule has 1 nitrogen and oxygen atoms in total. The summed E-state index contributed by atoms with van der Waals surface area (Å²) in [6, 6.07) is 8.48. The van der Waals surface area contributed by atoms with Gasteiger partial charge < -0.3 is 0 Å². The van der Waals surface area contributed by atoms with Gasteiger partial charge in [0.2, 0.25) is 0 Å². The molecule has 2 aliphatic rings. The van der Waals surface area contributed by atoms with Crippen LogP contribution in [0.3, 0.4) is 0 Å². The van der Waals surface area contributed by atoms with Crippen LogP contribution in [-0.4, -0.2) is 5.78 Å². The zero-order valence-electron chi connectivity index (χ0n) is 13.9. The van der Waals surface area contributed by atoms with Gasteiger partial charge in [0.25, 0.3) is 0 Å². The highest BCUT2D eigenvalue weighted by molar-refractivity contribution is 6.08. The van der Waals surface area contributed by atoms with Crippen molar-refractivity contribution in [1.29, 1.82) is 0 Å². The SMILES string of the molecule is Cc1ccc(C=C2C(=O)C3(C(C)C)CCC2C3(C)C)cc1. The van der Waals surface area contributed by atoms with E-state index in [1.165, 1.54) is 5.56 Å². The average Bonchev–Trinajstić information content (AvgIpc) is 2.77. The fraction of sp³-hybridized carbons (Fsp3) is 0.550. The van der Waals surface area contributed by atoms with Crippen molar-refractivity contribution in [2.45, 2.75) is 47.5 Å². The van der Waals surface area contributed by atoms with Crippen molar-refractivity contribution in [1.82, 2.24) is 0 Å². The molecule has 2 bridgehead atoms. The quantitative estimate of drug-likeness (QED) is 0.694. The molecular formula is C20H26O. The largest absolute Gasteiger partial charge is 0.294 e. The van der Waals surface area contributed by atoms with Gasteiger partial charge in [0.05, 0.1) is 0 Å². The molecule has 1 aromatic carbocycles. The van der Waals surface area contributed by atoms with Gasteiger partial charge in [-0.05, 0) is 54.2 Å². The highest BCUT2D eigenvalue weighted by Crippen LogP contribution is 2.68. The zero-order valence-corrected chi connectivity index (χ0v) is 13.9. The molecule has 3 rings (SSSR count). The lowest BCUT2D eigenvalue weighted by atomic mass is 9.62. The molecular weight excluding hydrogens is 256 g/mol. The molecule has 0 heterocycles. The molecule has 0 N–H and O–H groups in total. The summed E-state index contributed by atoms with van der Waals surface area (Å²) in [5.41, 5.74) is 3.44. The smallest absolute Gasteiger partial charge is 0.166 e. The molecule has 2 aliphatic carbocycles. The first-order valence-corrected chi connectivity index (χ1v) is 8.14. The number of carbonyl (C=O) groups excluding carboxylic acids is 1. The maximum absolute atomic E-state index is 13.1. The molecule has 2 atom stereocenters. The Bertz CT molecular complexity index is 603. The molecule has 0 amide bonds. The van der Waals surface area contributed by atoms with Gasteiger partial charge in [-0.3, -0.25) is 4.79 Å². The molecule has 2 saturated carbocycles. The predicted molar refractivity (Wildman–Crippen MR) is 87.9 cm³/mol. The molecule has 1 aromatic rings. The molecule has 0 radical (unpaired) electrons. The van der Waals surface area contributed by atoms with Gasteiger partial charge in [0.15, 0.2) is 5.78 Å². The van der Waals surface area contributed by atoms with E-state index in [-0.39, 0.29) is 10.8 Å². The summed E-state index contributed by atoms with van der Waals surface area (Å²) in [5.74, 6) is 1.25. The van der Waals surface area contributed by atoms with Crippen molar-refractivity contribution in [2.24, 2.45) is 22.7 Å². The van der Waals surface area contributed by atoms with Gasteiger partial charge in [0, 0.05) is 5.41 Å². The number of Topliss-reactive ketones (excluding diaryl/α,β-unsaturated/α-hetero) is 1. The summed E-state index contributed by atoms with van der Waals surface area (Å²) in [5, 5.41) is 0. The number of hydrogen-bond donors (Lipinski definition) is 0. The van der Waals surface area contributed by atoms with Crippen LogP contribution in [0.5, 0.6) is 0 Å². The van der Waals surface area contributed by atoms with Gasteiger partial charge in [-0.15, -0.1) is 0 Å². The minimum absolute atomic E-state index is 0.0920. The summed E-state index contributed by atoms with van der Waals surface area (Å²) in [6.07, 6.45) is 4.37. The van der Waals surface area contributed by atoms with Gasteiger partial charge in [0.1, 0.15) is 0 Å². The summed E-state index contributed by atoms with van der Waals surface area (Å²) in [6.45, 7) is 11.1. The van der Waals surface area contributed by atoms with Crippen LogP contribution in [0.25, 0.3) is 6.08 Å². The highest BCUT2D eigenvalue weighted by Gasteiger charge is 2.67. The Hall–Kier alpha value is -1.37. The van der Waals surface area contributed by atoms with Crippen LogP contribution >= 0.6 is 0 Å². The third kappa shape index (κ3) is 1.79. The topological polar surface area (TPSA) is 17.1 Å². The van der Waals surface area contributed by atoms with Crippen LogP contribution < -0.4 is 0 Å². The van der Waals surface area contributed by atoms with Gasteiger partial charge >= 0.3 is 0 Å². The third-order valence-electron chi connectivity index (χ3n) is 6.28. The molecule has 0 aromatic heterocycles. The summed E-state index contributed by atoms with van der Waals surface area (Å²) < 4.78 is 0. The maximum Gasteiger partial charge on any atom is 0.166 e. The second-order valence-electron chi connectivity index (χ2n) is 7.78. The fourth-order valence-electron chi connectivity index (χ4n) is 5.04. The van der Waals surface area contributed by atoms with Crippen LogP contribution in [0.15, 0.2) is 29.8 Å². The Morgan fingerprint density at radius 2 is 1.81 bits per heavy atom. The van der Waals surface area contributed by atoms with Crippen LogP contribution in [0.4, 0.5) is 0 Å². The van der Waals surface area contributed by atoms with Crippen LogP contribution in [-0.2, 0) is 4.79 Å². The number of aryl methyl sites for hydroxylation is 1. The Morgan fingerprint density at radius 3 is 2.33 bits per heavy atom. The second kappa shape index (κ2) is 4.56. The lowest BCUT2D eigenvalue weighted by Gasteiger charge is -2.39. The van der Waals surface area contributed by atoms with E-state index in [4.69, 9.17) is 0 Å². The van der Waals surface area contributed by atoms with Crippen LogP contribution in [0, 0.1) is 29.6 Å². The Balaban J connectivity index is 2.07. The normalized spacial score (nSPS) is 32.4. The van der Waals surface area contributed by atoms with E-state index in [0.717, 1.165) is 24.0 Å². The number of benzene rings is 1. The van der Waals surface area contributed by atoms with Crippen molar-refractivity contribution < 1.29 is 4.79 Å². The Morgan fingerprint density at radius 1 is 1.19 bits per heavy atom. The molecule has 112 valence electrons. The third-order valence-corrected chi connectivity index (χ3v) is 6.28. The van der Waals surface area contributed by atoms with E-state index in [0.29, 0.717) is 17.6 Å². The van der Waals surface area contributed by atoms with Crippen LogP contribution in [0.1, 0.15) is 51.7 Å². The standard InChI is InChI=1S/C20H26O/c1-13(2)20-11-10-17(19(20,4)5)16(18(20)21)12-15-8-6-14(3)7-9-15/h6-9,12-13,17H,10-11H2,1-5H3. The maximum atomic E-state index is 13.1. The second-order valence-corrected chi connectivity index (χ2v) is 7.78. The number of hydrogen-bond acceptors (Lipinski definition) is 1. The lowest BCUT2D eigenvalue weighted by Crippen LogP contribution is -2.40. The molecule has 0 spiro atoms. The van der Waals surface area contributed by atoms with Crippen LogP contribution in [0.2, 0.25) is 0 Å². The van der Waals surface area contributed by atoms with E-state index in [2.05, 4.69) is 65.0 Å². The van der Waals surface area contributed by atoms with Gasteiger partial charge in [-0.25, -0.2) is 0 Å². The van der Waals surface area contributed by atoms with Crippen molar-refractivity contribution >= 4 is 11.9 Å². The van der Waals surface area contributed by atoms with Crippen molar-refractivity contribution in [3.8, 4) is 0 Å². The van der Waals surface area contributed by atoms with Gasteiger partial charge in [-0.2, -0.15) is 0 Å². The van der Waals surface area contributed by atoms with E-state index in [1.54, 1.807) is 0 Å². The van der Waals surface area contributed by atoms with E-state index < -0.39 is 0 Å². The fourth-order valence-corrected chi connectivity index (χ4v) is 5.04. The summed E-state index contributed by atoms with van der Waals surface area (Å²) in [7, 11) is 0. The Labute approximate surface area is 128 Å². The number of ketones is 1. The molecule has 1 heteroatoms. The number of fused-ring (bicyclic) bond motifs is 2. The lowest BCUT2D eigenvalue weighted by molar-refractivity contribution is -0.129. The first-order valence-electron chi connectivity index (χ1n) is 8.14. The molecule has 2 fully saturated rings. The first kappa shape index (κ1) is 14.6.